The zero-order valence-corrected chi connectivity index (χ0v) is 8.92. The number of benzene rings is 1. The monoisotopic (exact) mass is 178 g/mol. The van der Waals surface area contributed by atoms with E-state index >= 15 is 0 Å². The summed E-state index contributed by atoms with van der Waals surface area (Å²) in [5, 5.41) is 0. The number of rotatable bonds is 0. The third kappa shape index (κ3) is 1.92. The average Bonchev–Trinajstić information content (AvgIpc) is 2.47. The SMILES string of the molecule is CC.CC1(C)OCc2ccccc21. The molecule has 0 saturated heterocycles. The second kappa shape index (κ2) is 3.93. The van der Waals surface area contributed by atoms with Gasteiger partial charge in [0.05, 0.1) is 12.2 Å². The highest BCUT2D eigenvalue weighted by Gasteiger charge is 2.29. The van der Waals surface area contributed by atoms with Gasteiger partial charge in [-0.05, 0) is 25.0 Å². The molecule has 1 heterocycles. The molecule has 72 valence electrons. The second-order valence-corrected chi connectivity index (χ2v) is 3.46. The van der Waals surface area contributed by atoms with Gasteiger partial charge in [0.15, 0.2) is 0 Å². The summed E-state index contributed by atoms with van der Waals surface area (Å²) in [4.78, 5) is 0. The van der Waals surface area contributed by atoms with E-state index in [1.807, 2.05) is 13.8 Å². The molecule has 2 rings (SSSR count). The molecule has 0 radical (unpaired) electrons. The van der Waals surface area contributed by atoms with Crippen molar-refractivity contribution in [3.63, 3.8) is 0 Å². The van der Waals surface area contributed by atoms with E-state index in [1.54, 1.807) is 0 Å². The van der Waals surface area contributed by atoms with E-state index in [4.69, 9.17) is 4.74 Å². The predicted molar refractivity (Wildman–Crippen MR) is 55.6 cm³/mol. The molecule has 1 aliphatic heterocycles. The highest BCUT2D eigenvalue weighted by Crippen LogP contribution is 2.34. The van der Waals surface area contributed by atoms with Crippen molar-refractivity contribution >= 4 is 0 Å². The van der Waals surface area contributed by atoms with Crippen LogP contribution in [-0.4, -0.2) is 0 Å². The van der Waals surface area contributed by atoms with Crippen molar-refractivity contribution in [2.75, 3.05) is 0 Å². The van der Waals surface area contributed by atoms with Gasteiger partial charge in [-0.15, -0.1) is 0 Å². The minimum absolute atomic E-state index is 0.0728. The van der Waals surface area contributed by atoms with Crippen LogP contribution in [0.15, 0.2) is 24.3 Å². The molecule has 13 heavy (non-hydrogen) atoms. The summed E-state index contributed by atoms with van der Waals surface area (Å²) in [6.07, 6.45) is 0. The van der Waals surface area contributed by atoms with Crippen LogP contribution < -0.4 is 0 Å². The second-order valence-electron chi connectivity index (χ2n) is 3.46. The lowest BCUT2D eigenvalue weighted by atomic mass is 9.97. The van der Waals surface area contributed by atoms with Crippen molar-refractivity contribution in [1.82, 2.24) is 0 Å². The van der Waals surface area contributed by atoms with Crippen molar-refractivity contribution in [2.45, 2.75) is 39.9 Å². The zero-order valence-electron chi connectivity index (χ0n) is 8.92. The fraction of sp³-hybridized carbons (Fsp3) is 0.500. The lowest BCUT2D eigenvalue weighted by Crippen LogP contribution is -2.14. The molecule has 0 aromatic heterocycles. The summed E-state index contributed by atoms with van der Waals surface area (Å²) in [5.74, 6) is 0. The molecule has 0 atom stereocenters. The highest BCUT2D eigenvalue weighted by atomic mass is 16.5. The van der Waals surface area contributed by atoms with E-state index in [1.165, 1.54) is 11.1 Å². The van der Waals surface area contributed by atoms with Crippen molar-refractivity contribution in [2.24, 2.45) is 0 Å². The van der Waals surface area contributed by atoms with Crippen LogP contribution in [0, 0.1) is 0 Å². The third-order valence-electron chi connectivity index (χ3n) is 2.25. The lowest BCUT2D eigenvalue weighted by molar-refractivity contribution is -0.00789. The van der Waals surface area contributed by atoms with Crippen molar-refractivity contribution in [3.05, 3.63) is 35.4 Å². The van der Waals surface area contributed by atoms with Gasteiger partial charge in [0.2, 0.25) is 0 Å². The molecular formula is C12H18O. The Kier molecular flexibility index (Phi) is 3.10. The van der Waals surface area contributed by atoms with Crippen molar-refractivity contribution in [3.8, 4) is 0 Å². The van der Waals surface area contributed by atoms with Crippen LogP contribution in [0.25, 0.3) is 0 Å². The first-order valence-electron chi connectivity index (χ1n) is 4.92. The van der Waals surface area contributed by atoms with Gasteiger partial charge < -0.3 is 4.74 Å². The summed E-state index contributed by atoms with van der Waals surface area (Å²) >= 11 is 0. The molecule has 1 heteroatoms. The highest BCUT2D eigenvalue weighted by molar-refractivity contribution is 5.33. The molecule has 0 amide bonds. The maximum Gasteiger partial charge on any atom is 0.0883 e. The number of hydrogen-bond acceptors (Lipinski definition) is 1. The van der Waals surface area contributed by atoms with Gasteiger partial charge in [0.25, 0.3) is 0 Å². The van der Waals surface area contributed by atoms with E-state index in [0.29, 0.717) is 0 Å². The van der Waals surface area contributed by atoms with Crippen LogP contribution in [0.5, 0.6) is 0 Å². The van der Waals surface area contributed by atoms with Gasteiger partial charge in [-0.2, -0.15) is 0 Å². The first-order chi connectivity index (χ1) is 6.20. The molecule has 1 nitrogen and oxygen atoms in total. The summed E-state index contributed by atoms with van der Waals surface area (Å²) in [6, 6.07) is 8.39. The molecule has 0 spiro atoms. The van der Waals surface area contributed by atoms with E-state index < -0.39 is 0 Å². The molecule has 1 aromatic rings. The topological polar surface area (TPSA) is 9.23 Å². The number of ether oxygens (including phenoxy) is 1. The first kappa shape index (κ1) is 10.3. The quantitative estimate of drug-likeness (QED) is 0.591. The Bertz CT molecular complexity index is 276. The van der Waals surface area contributed by atoms with Gasteiger partial charge in [0, 0.05) is 0 Å². The Balaban J connectivity index is 0.000000396. The number of fused-ring (bicyclic) bond motifs is 1. The molecule has 0 N–H and O–H groups in total. The van der Waals surface area contributed by atoms with Gasteiger partial charge in [0.1, 0.15) is 0 Å². The van der Waals surface area contributed by atoms with Crippen LogP contribution in [0.4, 0.5) is 0 Å². The average molecular weight is 178 g/mol. The van der Waals surface area contributed by atoms with E-state index in [9.17, 15) is 0 Å². The van der Waals surface area contributed by atoms with Crippen molar-refractivity contribution in [1.29, 1.82) is 0 Å². The molecule has 1 aromatic carbocycles. The minimum atomic E-state index is -0.0728. The Morgan fingerprint density at radius 2 is 1.77 bits per heavy atom. The normalized spacial score (nSPS) is 17.2. The largest absolute Gasteiger partial charge is 0.366 e. The zero-order chi connectivity index (χ0) is 9.90. The van der Waals surface area contributed by atoms with Crippen LogP contribution in [0.1, 0.15) is 38.8 Å². The Morgan fingerprint density at radius 1 is 1.15 bits per heavy atom. The summed E-state index contributed by atoms with van der Waals surface area (Å²) < 4.78 is 5.61. The van der Waals surface area contributed by atoms with Crippen LogP contribution in [0.2, 0.25) is 0 Å². The maximum atomic E-state index is 5.61. The molecule has 0 unspecified atom stereocenters. The van der Waals surface area contributed by atoms with Crippen LogP contribution in [0.3, 0.4) is 0 Å². The molecule has 0 aliphatic carbocycles. The molecule has 0 fully saturated rings. The van der Waals surface area contributed by atoms with Gasteiger partial charge in [-0.1, -0.05) is 38.1 Å². The van der Waals surface area contributed by atoms with E-state index in [-0.39, 0.29) is 5.60 Å². The smallest absolute Gasteiger partial charge is 0.0883 e. The van der Waals surface area contributed by atoms with Gasteiger partial charge in [-0.3, -0.25) is 0 Å². The summed E-state index contributed by atoms with van der Waals surface area (Å²) in [7, 11) is 0. The van der Waals surface area contributed by atoms with Gasteiger partial charge in [-0.25, -0.2) is 0 Å². The minimum Gasteiger partial charge on any atom is -0.366 e. The third-order valence-corrected chi connectivity index (χ3v) is 2.25. The Morgan fingerprint density at radius 3 is 2.38 bits per heavy atom. The number of hydrogen-bond donors (Lipinski definition) is 0. The van der Waals surface area contributed by atoms with Gasteiger partial charge >= 0.3 is 0 Å². The Labute approximate surface area is 80.7 Å². The van der Waals surface area contributed by atoms with E-state index in [0.717, 1.165) is 6.61 Å². The maximum absolute atomic E-state index is 5.61. The fourth-order valence-electron chi connectivity index (χ4n) is 1.57. The van der Waals surface area contributed by atoms with E-state index in [2.05, 4.69) is 38.1 Å². The molecular weight excluding hydrogens is 160 g/mol. The standard InChI is InChI=1S/C10H12O.C2H6/c1-10(2)9-6-4-3-5-8(9)7-11-10;1-2/h3-6H,7H2,1-2H3;1-2H3. The predicted octanol–water partition coefficient (Wildman–Crippen LogP) is 3.48. The summed E-state index contributed by atoms with van der Waals surface area (Å²) in [6.45, 7) is 8.99. The molecule has 0 saturated carbocycles. The van der Waals surface area contributed by atoms with Crippen LogP contribution in [-0.2, 0) is 16.9 Å². The summed E-state index contributed by atoms with van der Waals surface area (Å²) in [5.41, 5.74) is 2.59. The lowest BCUT2D eigenvalue weighted by Gasteiger charge is -2.17. The molecule has 1 aliphatic rings. The fourth-order valence-corrected chi connectivity index (χ4v) is 1.57. The Hall–Kier alpha value is -0.820. The van der Waals surface area contributed by atoms with Crippen molar-refractivity contribution < 1.29 is 4.74 Å². The molecule has 0 bridgehead atoms. The van der Waals surface area contributed by atoms with Crippen LogP contribution >= 0.6 is 0 Å². The first-order valence-corrected chi connectivity index (χ1v) is 4.92.